The van der Waals surface area contributed by atoms with Crippen LogP contribution in [0, 0.1) is 0 Å². The van der Waals surface area contributed by atoms with Crippen molar-refractivity contribution in [3.63, 3.8) is 0 Å². The van der Waals surface area contributed by atoms with E-state index in [-0.39, 0.29) is 0 Å². The molecule has 60 valence electrons. The number of ether oxygens (including phenoxy) is 1. The lowest BCUT2D eigenvalue weighted by Crippen LogP contribution is -1.81. The molecule has 2 nitrogen and oxygen atoms in total. The maximum atomic E-state index is 5.35. The highest BCUT2D eigenvalue weighted by Gasteiger charge is 1.96. The van der Waals surface area contributed by atoms with Crippen molar-refractivity contribution in [2.75, 3.05) is 7.11 Å². The van der Waals surface area contributed by atoms with Crippen LogP contribution in [0.15, 0.2) is 22.6 Å². The minimum Gasteiger partial charge on any atom is -0.459 e. The van der Waals surface area contributed by atoms with E-state index >= 15 is 0 Å². The van der Waals surface area contributed by atoms with Gasteiger partial charge in [-0.05, 0) is 25.1 Å². The topological polar surface area (TPSA) is 22.4 Å². The molecule has 0 bridgehead atoms. The average Bonchev–Trinajstić information content (AvgIpc) is 2.38. The van der Waals surface area contributed by atoms with Gasteiger partial charge in [0.1, 0.15) is 18.1 Å². The molecule has 0 aliphatic heterocycles. The standard InChI is InChI=1S/C9H12O2/c1-3-4-8-5-6-9(11-8)7-10-2/h3-6H,7H2,1-2H3/b4-3+. The quantitative estimate of drug-likeness (QED) is 0.663. The molecule has 0 radical (unpaired) electrons. The molecule has 0 aliphatic carbocycles. The summed E-state index contributed by atoms with van der Waals surface area (Å²) in [6.07, 6.45) is 3.86. The predicted molar refractivity (Wildman–Crippen MR) is 44.1 cm³/mol. The van der Waals surface area contributed by atoms with Crippen LogP contribution in [0.4, 0.5) is 0 Å². The third-order valence-corrected chi connectivity index (χ3v) is 1.30. The van der Waals surface area contributed by atoms with E-state index in [2.05, 4.69) is 0 Å². The zero-order chi connectivity index (χ0) is 8.10. The van der Waals surface area contributed by atoms with E-state index in [0.717, 1.165) is 11.5 Å². The smallest absolute Gasteiger partial charge is 0.130 e. The first-order valence-electron chi connectivity index (χ1n) is 3.57. The molecule has 11 heavy (non-hydrogen) atoms. The minimum absolute atomic E-state index is 0.539. The number of allylic oxidation sites excluding steroid dienone is 1. The normalized spacial score (nSPS) is 11.1. The van der Waals surface area contributed by atoms with E-state index in [4.69, 9.17) is 9.15 Å². The third kappa shape index (κ3) is 2.24. The van der Waals surface area contributed by atoms with Gasteiger partial charge in [-0.3, -0.25) is 0 Å². The number of rotatable bonds is 3. The largest absolute Gasteiger partial charge is 0.459 e. The van der Waals surface area contributed by atoms with Gasteiger partial charge in [0.15, 0.2) is 0 Å². The van der Waals surface area contributed by atoms with E-state index < -0.39 is 0 Å². The Morgan fingerprint density at radius 2 is 2.36 bits per heavy atom. The Morgan fingerprint density at radius 1 is 1.55 bits per heavy atom. The van der Waals surface area contributed by atoms with Crippen molar-refractivity contribution in [2.45, 2.75) is 13.5 Å². The second kappa shape index (κ2) is 3.98. The van der Waals surface area contributed by atoms with Crippen LogP contribution in [0.5, 0.6) is 0 Å². The molecule has 0 aliphatic rings. The lowest BCUT2D eigenvalue weighted by molar-refractivity contribution is 0.164. The summed E-state index contributed by atoms with van der Waals surface area (Å²) >= 11 is 0. The molecule has 0 spiro atoms. The third-order valence-electron chi connectivity index (χ3n) is 1.30. The fourth-order valence-electron chi connectivity index (χ4n) is 0.868. The Kier molecular flexibility index (Phi) is 2.93. The molecule has 0 N–H and O–H groups in total. The molecule has 0 saturated carbocycles. The van der Waals surface area contributed by atoms with Crippen molar-refractivity contribution in [3.8, 4) is 0 Å². The van der Waals surface area contributed by atoms with E-state index in [1.165, 1.54) is 0 Å². The van der Waals surface area contributed by atoms with Crippen LogP contribution >= 0.6 is 0 Å². The molecular weight excluding hydrogens is 140 g/mol. The van der Waals surface area contributed by atoms with Gasteiger partial charge >= 0.3 is 0 Å². The second-order valence-electron chi connectivity index (χ2n) is 2.24. The fraction of sp³-hybridized carbons (Fsp3) is 0.333. The molecule has 0 amide bonds. The molecule has 0 unspecified atom stereocenters. The Labute approximate surface area is 66.5 Å². The van der Waals surface area contributed by atoms with Gasteiger partial charge in [0.2, 0.25) is 0 Å². The number of hydrogen-bond donors (Lipinski definition) is 0. The van der Waals surface area contributed by atoms with Crippen molar-refractivity contribution in [1.29, 1.82) is 0 Å². The molecule has 1 aromatic rings. The van der Waals surface area contributed by atoms with Gasteiger partial charge in [-0.1, -0.05) is 6.08 Å². The van der Waals surface area contributed by atoms with Crippen LogP contribution in [0.25, 0.3) is 6.08 Å². The van der Waals surface area contributed by atoms with Gasteiger partial charge in [0.05, 0.1) is 0 Å². The summed E-state index contributed by atoms with van der Waals surface area (Å²) in [4.78, 5) is 0. The first-order chi connectivity index (χ1) is 5.36. The van der Waals surface area contributed by atoms with Crippen molar-refractivity contribution in [1.82, 2.24) is 0 Å². The van der Waals surface area contributed by atoms with Gasteiger partial charge in [-0.15, -0.1) is 0 Å². The van der Waals surface area contributed by atoms with Crippen molar-refractivity contribution in [3.05, 3.63) is 29.7 Å². The zero-order valence-corrected chi connectivity index (χ0v) is 6.83. The fourth-order valence-corrected chi connectivity index (χ4v) is 0.868. The minimum atomic E-state index is 0.539. The van der Waals surface area contributed by atoms with Crippen molar-refractivity contribution >= 4 is 6.08 Å². The molecule has 2 heteroatoms. The second-order valence-corrected chi connectivity index (χ2v) is 2.24. The summed E-state index contributed by atoms with van der Waals surface area (Å²) in [6, 6.07) is 3.84. The molecular formula is C9H12O2. The van der Waals surface area contributed by atoms with Crippen LogP contribution in [0.1, 0.15) is 18.4 Å². The summed E-state index contributed by atoms with van der Waals surface area (Å²) in [5, 5.41) is 0. The van der Waals surface area contributed by atoms with Gasteiger partial charge in [0, 0.05) is 7.11 Å². The van der Waals surface area contributed by atoms with Gasteiger partial charge < -0.3 is 9.15 Å². The molecule has 1 aromatic heterocycles. The van der Waals surface area contributed by atoms with Crippen LogP contribution < -0.4 is 0 Å². The first kappa shape index (κ1) is 8.08. The maximum absolute atomic E-state index is 5.35. The molecule has 0 aromatic carbocycles. The van der Waals surface area contributed by atoms with E-state index in [9.17, 15) is 0 Å². The van der Waals surface area contributed by atoms with E-state index in [1.54, 1.807) is 7.11 Å². The van der Waals surface area contributed by atoms with Crippen molar-refractivity contribution in [2.24, 2.45) is 0 Å². The van der Waals surface area contributed by atoms with Crippen LogP contribution in [0.3, 0.4) is 0 Å². The van der Waals surface area contributed by atoms with E-state index in [1.807, 2.05) is 31.2 Å². The molecule has 1 heterocycles. The predicted octanol–water partition coefficient (Wildman–Crippen LogP) is 2.46. The number of methoxy groups -OCH3 is 1. The Bertz CT molecular complexity index is 235. The summed E-state index contributed by atoms with van der Waals surface area (Å²) < 4.78 is 10.3. The van der Waals surface area contributed by atoms with Crippen molar-refractivity contribution < 1.29 is 9.15 Å². The maximum Gasteiger partial charge on any atom is 0.130 e. The van der Waals surface area contributed by atoms with Gasteiger partial charge in [-0.2, -0.15) is 0 Å². The first-order valence-corrected chi connectivity index (χ1v) is 3.57. The Balaban J connectivity index is 2.65. The molecule has 0 saturated heterocycles. The monoisotopic (exact) mass is 152 g/mol. The molecule has 0 fully saturated rings. The van der Waals surface area contributed by atoms with Crippen LogP contribution in [-0.2, 0) is 11.3 Å². The van der Waals surface area contributed by atoms with Gasteiger partial charge in [-0.25, -0.2) is 0 Å². The Morgan fingerprint density at radius 3 is 3.00 bits per heavy atom. The average molecular weight is 152 g/mol. The summed E-state index contributed by atoms with van der Waals surface area (Å²) in [5.74, 6) is 1.74. The van der Waals surface area contributed by atoms with Crippen LogP contribution in [-0.4, -0.2) is 7.11 Å². The SMILES string of the molecule is C/C=C/c1ccc(COC)o1. The summed E-state index contributed by atoms with van der Waals surface area (Å²) in [6.45, 7) is 2.50. The molecule has 1 rings (SSSR count). The highest BCUT2D eigenvalue weighted by molar-refractivity contribution is 5.42. The zero-order valence-electron chi connectivity index (χ0n) is 6.83. The summed E-state index contributed by atoms with van der Waals surface area (Å²) in [7, 11) is 1.65. The van der Waals surface area contributed by atoms with Gasteiger partial charge in [0.25, 0.3) is 0 Å². The number of hydrogen-bond acceptors (Lipinski definition) is 2. The Hall–Kier alpha value is -1.02. The summed E-state index contributed by atoms with van der Waals surface area (Å²) in [5.41, 5.74) is 0. The lowest BCUT2D eigenvalue weighted by Gasteiger charge is -1.90. The lowest BCUT2D eigenvalue weighted by atomic mass is 10.4. The van der Waals surface area contributed by atoms with E-state index in [0.29, 0.717) is 6.61 Å². The highest BCUT2D eigenvalue weighted by atomic mass is 16.5. The highest BCUT2D eigenvalue weighted by Crippen LogP contribution is 2.09. The molecule has 0 atom stereocenters. The number of furan rings is 1. The van der Waals surface area contributed by atoms with Crippen LogP contribution in [0.2, 0.25) is 0 Å².